The maximum atomic E-state index is 12.8. The number of nitrogens with one attached hydrogen (secondary N) is 2. The third-order valence-electron chi connectivity index (χ3n) is 6.68. The number of anilines is 1. The summed E-state index contributed by atoms with van der Waals surface area (Å²) in [5.41, 5.74) is 3.03. The van der Waals surface area contributed by atoms with Gasteiger partial charge in [-0.2, -0.15) is 5.26 Å². The molecule has 0 spiro atoms. The number of nitrogens with zero attached hydrogens (tertiary/aromatic N) is 4. The van der Waals surface area contributed by atoms with Gasteiger partial charge < -0.3 is 10.3 Å². The van der Waals surface area contributed by atoms with E-state index in [1.165, 1.54) is 9.88 Å². The molecule has 2 aliphatic rings. The molecule has 0 radical (unpaired) electrons. The van der Waals surface area contributed by atoms with E-state index < -0.39 is 15.3 Å². The molecule has 2 aromatic heterocycles. The summed E-state index contributed by atoms with van der Waals surface area (Å²) in [6.45, 7) is 6.37. The lowest BCUT2D eigenvalue weighted by Crippen LogP contribution is -2.43. The fourth-order valence-electron chi connectivity index (χ4n) is 4.35. The Bertz CT molecular complexity index is 1240. The van der Waals surface area contributed by atoms with E-state index in [-0.39, 0.29) is 11.8 Å². The molecule has 0 saturated heterocycles. The zero-order valence-corrected chi connectivity index (χ0v) is 21.3. The van der Waals surface area contributed by atoms with Gasteiger partial charge in [0.15, 0.2) is 0 Å². The number of amides is 1. The van der Waals surface area contributed by atoms with Gasteiger partial charge in [0.25, 0.3) is 0 Å². The van der Waals surface area contributed by atoms with Crippen LogP contribution in [0.4, 0.5) is 5.82 Å². The van der Waals surface area contributed by atoms with Gasteiger partial charge in [-0.05, 0) is 62.8 Å². The van der Waals surface area contributed by atoms with Crippen LogP contribution in [0.1, 0.15) is 51.5 Å². The van der Waals surface area contributed by atoms with Crippen LogP contribution in [0.25, 0.3) is 16.6 Å². The van der Waals surface area contributed by atoms with Crippen molar-refractivity contribution in [1.82, 2.24) is 19.2 Å². The van der Waals surface area contributed by atoms with E-state index in [1.807, 2.05) is 18.3 Å². The number of nitriles is 1. The standard InChI is InChI=1S/C25H34N6O3S/c1-18(2)35(33,34)31(12-4-3-10-26)16-15-30-13-8-19(9-14-30)22-17-23(29-25(32)20-5-6-20)28-24-21(22)7-11-27-24/h7-8,11,17-18,20H,3-6,9,12-16H2,1-2H3,(H2,27,28,29,32). The number of hydrogen-bond donors (Lipinski definition) is 2. The summed E-state index contributed by atoms with van der Waals surface area (Å²) in [5.74, 6) is 0.719. The third kappa shape index (κ3) is 6.10. The number of unbranched alkanes of at least 4 members (excludes halogenated alkanes) is 1. The maximum Gasteiger partial charge on any atom is 0.228 e. The minimum Gasteiger partial charge on any atom is -0.346 e. The highest BCUT2D eigenvalue weighted by atomic mass is 32.2. The fraction of sp³-hybridized carbons (Fsp3) is 0.560. The Morgan fingerprint density at radius 1 is 1.37 bits per heavy atom. The van der Waals surface area contributed by atoms with Crippen molar-refractivity contribution in [2.75, 3.05) is 38.0 Å². The van der Waals surface area contributed by atoms with Crippen LogP contribution < -0.4 is 5.32 Å². The summed E-state index contributed by atoms with van der Waals surface area (Å²) < 4.78 is 27.1. The van der Waals surface area contributed by atoms with Crippen LogP contribution in [0.3, 0.4) is 0 Å². The molecule has 2 N–H and O–H groups in total. The molecule has 1 fully saturated rings. The highest BCUT2D eigenvalue weighted by Crippen LogP contribution is 2.33. The van der Waals surface area contributed by atoms with E-state index >= 15 is 0 Å². The number of aromatic nitrogens is 2. The van der Waals surface area contributed by atoms with Gasteiger partial charge in [0.05, 0.1) is 11.3 Å². The van der Waals surface area contributed by atoms with Gasteiger partial charge in [0, 0.05) is 56.6 Å². The first-order valence-electron chi connectivity index (χ1n) is 12.4. The number of sulfonamides is 1. The van der Waals surface area contributed by atoms with E-state index in [1.54, 1.807) is 13.8 Å². The number of fused-ring (bicyclic) bond motifs is 1. The number of H-pyrrole nitrogens is 1. The molecule has 1 saturated carbocycles. The second-order valence-corrected chi connectivity index (χ2v) is 12.1. The van der Waals surface area contributed by atoms with Crippen LogP contribution in [0.2, 0.25) is 0 Å². The molecule has 1 aliphatic carbocycles. The number of carbonyl (C=O) groups excluding carboxylic acids is 1. The van der Waals surface area contributed by atoms with Crippen LogP contribution in [0.5, 0.6) is 0 Å². The SMILES string of the molecule is CC(C)S(=O)(=O)N(CCCC#N)CCN1CC=C(c2cc(NC(=O)C3CC3)nc3[nH]ccc23)CC1. The zero-order chi connectivity index (χ0) is 25.0. The van der Waals surface area contributed by atoms with Gasteiger partial charge in [0.1, 0.15) is 11.5 Å². The van der Waals surface area contributed by atoms with Crippen LogP contribution >= 0.6 is 0 Å². The molecule has 4 rings (SSSR count). The Morgan fingerprint density at radius 2 is 2.17 bits per heavy atom. The summed E-state index contributed by atoms with van der Waals surface area (Å²) in [6, 6.07) is 6.06. The van der Waals surface area contributed by atoms with Crippen LogP contribution in [0.15, 0.2) is 24.4 Å². The topological polar surface area (TPSA) is 122 Å². The van der Waals surface area contributed by atoms with E-state index in [9.17, 15) is 13.2 Å². The molecule has 0 atom stereocenters. The summed E-state index contributed by atoms with van der Waals surface area (Å²) in [5, 5.41) is 12.3. The summed E-state index contributed by atoms with van der Waals surface area (Å²) in [7, 11) is -3.37. The van der Waals surface area contributed by atoms with Gasteiger partial charge in [-0.15, -0.1) is 0 Å². The normalized spacial score (nSPS) is 17.1. The number of hydrogen-bond acceptors (Lipinski definition) is 6. The summed E-state index contributed by atoms with van der Waals surface area (Å²) >= 11 is 0. The van der Waals surface area contributed by atoms with Crippen LogP contribution in [-0.2, 0) is 14.8 Å². The molecule has 1 aliphatic heterocycles. The number of rotatable bonds is 11. The van der Waals surface area contributed by atoms with Crippen molar-refractivity contribution >= 4 is 38.4 Å². The maximum absolute atomic E-state index is 12.8. The van der Waals surface area contributed by atoms with Crippen molar-refractivity contribution in [2.45, 2.75) is 51.2 Å². The molecule has 2 aromatic rings. The fourth-order valence-corrected chi connectivity index (χ4v) is 5.67. The molecule has 1 amide bonds. The van der Waals surface area contributed by atoms with Crippen molar-refractivity contribution in [3.8, 4) is 6.07 Å². The predicted octanol–water partition coefficient (Wildman–Crippen LogP) is 3.34. The molecular formula is C25H34N6O3S. The largest absolute Gasteiger partial charge is 0.346 e. The first-order valence-corrected chi connectivity index (χ1v) is 13.9. The second kappa shape index (κ2) is 10.9. The predicted molar refractivity (Wildman–Crippen MR) is 137 cm³/mol. The number of pyridine rings is 1. The van der Waals surface area contributed by atoms with E-state index in [0.29, 0.717) is 38.3 Å². The summed E-state index contributed by atoms with van der Waals surface area (Å²) in [4.78, 5) is 22.2. The van der Waals surface area contributed by atoms with Gasteiger partial charge in [-0.1, -0.05) is 6.08 Å². The van der Waals surface area contributed by atoms with Crippen molar-refractivity contribution in [3.63, 3.8) is 0 Å². The van der Waals surface area contributed by atoms with E-state index in [2.05, 4.69) is 32.3 Å². The molecule has 188 valence electrons. The molecule has 10 heteroatoms. The zero-order valence-electron chi connectivity index (χ0n) is 20.5. The Kier molecular flexibility index (Phi) is 7.89. The smallest absolute Gasteiger partial charge is 0.228 e. The summed E-state index contributed by atoms with van der Waals surface area (Å²) in [6.07, 6.45) is 7.65. The van der Waals surface area contributed by atoms with E-state index in [0.717, 1.165) is 48.9 Å². The van der Waals surface area contributed by atoms with Crippen LogP contribution in [0, 0.1) is 17.2 Å². The monoisotopic (exact) mass is 498 g/mol. The molecule has 0 unspecified atom stereocenters. The Morgan fingerprint density at radius 3 is 2.83 bits per heavy atom. The van der Waals surface area contributed by atoms with Gasteiger partial charge in [-0.3, -0.25) is 9.69 Å². The van der Waals surface area contributed by atoms with Gasteiger partial charge in [-0.25, -0.2) is 17.7 Å². The second-order valence-electron chi connectivity index (χ2n) is 9.59. The average molecular weight is 499 g/mol. The molecular weight excluding hydrogens is 464 g/mol. The highest BCUT2D eigenvalue weighted by molar-refractivity contribution is 7.89. The van der Waals surface area contributed by atoms with Crippen molar-refractivity contribution in [1.29, 1.82) is 5.26 Å². The molecule has 0 aromatic carbocycles. The lowest BCUT2D eigenvalue weighted by Gasteiger charge is -2.30. The van der Waals surface area contributed by atoms with E-state index in [4.69, 9.17) is 5.26 Å². The van der Waals surface area contributed by atoms with Crippen molar-refractivity contribution < 1.29 is 13.2 Å². The Hall–Kier alpha value is -2.74. The first kappa shape index (κ1) is 25.4. The lowest BCUT2D eigenvalue weighted by atomic mass is 9.97. The average Bonchev–Trinajstić information content (AvgIpc) is 3.59. The third-order valence-corrected chi connectivity index (χ3v) is 8.96. The minimum absolute atomic E-state index is 0.0360. The number of aromatic amines is 1. The van der Waals surface area contributed by atoms with Crippen LogP contribution in [-0.4, -0.2) is 71.5 Å². The molecule has 3 heterocycles. The molecule has 0 bridgehead atoms. The van der Waals surface area contributed by atoms with Gasteiger partial charge in [0.2, 0.25) is 15.9 Å². The van der Waals surface area contributed by atoms with Gasteiger partial charge >= 0.3 is 0 Å². The molecule has 35 heavy (non-hydrogen) atoms. The minimum atomic E-state index is -3.37. The Balaban J connectivity index is 1.43. The molecule has 9 nitrogen and oxygen atoms in total. The van der Waals surface area contributed by atoms with Crippen molar-refractivity contribution in [3.05, 3.63) is 30.0 Å². The highest BCUT2D eigenvalue weighted by Gasteiger charge is 2.30. The number of carbonyl (C=O) groups is 1. The first-order chi connectivity index (χ1) is 16.8. The lowest BCUT2D eigenvalue weighted by molar-refractivity contribution is -0.117. The van der Waals surface area contributed by atoms with Crippen molar-refractivity contribution in [2.24, 2.45) is 5.92 Å². The Labute approximate surface area is 207 Å². The quantitative estimate of drug-likeness (QED) is 0.458.